The first kappa shape index (κ1) is 18.9. The molecule has 5 aliphatic carbocycles. The lowest BCUT2D eigenvalue weighted by atomic mass is 9.69. The molecule has 28 heavy (non-hydrogen) atoms. The Balaban J connectivity index is 1.32. The lowest BCUT2D eigenvalue weighted by Crippen LogP contribution is -2.44. The van der Waals surface area contributed by atoms with Gasteiger partial charge in [0.2, 0.25) is 0 Å². The molecule has 0 radical (unpaired) electrons. The van der Waals surface area contributed by atoms with Gasteiger partial charge in [-0.15, -0.1) is 0 Å². The van der Waals surface area contributed by atoms with Crippen molar-refractivity contribution in [2.45, 2.75) is 102 Å². The molecule has 0 aromatic rings. The molecule has 0 saturated heterocycles. The van der Waals surface area contributed by atoms with Crippen molar-refractivity contribution in [3.63, 3.8) is 0 Å². The highest BCUT2D eigenvalue weighted by atomic mass is 16.6. The zero-order valence-electron chi connectivity index (χ0n) is 17.2. The third-order valence-corrected chi connectivity index (χ3v) is 8.79. The molecule has 4 nitrogen and oxygen atoms in total. The zero-order valence-corrected chi connectivity index (χ0v) is 17.2. The Morgan fingerprint density at radius 2 is 0.929 bits per heavy atom. The van der Waals surface area contributed by atoms with Gasteiger partial charge in [-0.3, -0.25) is 9.59 Å². The molecule has 0 amide bonds. The maximum Gasteiger partial charge on any atom is 0.310 e. The van der Waals surface area contributed by atoms with E-state index in [1.165, 1.54) is 32.1 Å². The van der Waals surface area contributed by atoms with Crippen molar-refractivity contribution in [2.75, 3.05) is 0 Å². The molecule has 2 bridgehead atoms. The van der Waals surface area contributed by atoms with Crippen LogP contribution in [0.4, 0.5) is 0 Å². The number of fused-ring (bicyclic) bond motifs is 5. The minimum absolute atomic E-state index is 0.0738. The number of carbonyl (C=O) groups is 2. The molecule has 0 aliphatic heterocycles. The zero-order chi connectivity index (χ0) is 19.1. The molecule has 5 aliphatic rings. The van der Waals surface area contributed by atoms with Crippen LogP contribution < -0.4 is 0 Å². The molecule has 156 valence electrons. The highest BCUT2D eigenvalue weighted by molar-refractivity contribution is 5.84. The summed E-state index contributed by atoms with van der Waals surface area (Å²) < 4.78 is 12.0. The Morgan fingerprint density at radius 3 is 1.36 bits per heavy atom. The van der Waals surface area contributed by atoms with Gasteiger partial charge in [-0.1, -0.05) is 19.3 Å². The second-order valence-corrected chi connectivity index (χ2v) is 10.3. The molecule has 6 atom stereocenters. The lowest BCUT2D eigenvalue weighted by molar-refractivity contribution is -0.173. The summed E-state index contributed by atoms with van der Waals surface area (Å²) in [5, 5.41) is 0. The molecular weight excluding hydrogens is 352 g/mol. The number of esters is 2. The van der Waals surface area contributed by atoms with Crippen molar-refractivity contribution in [3.8, 4) is 0 Å². The molecule has 4 heteroatoms. The van der Waals surface area contributed by atoms with Crippen LogP contribution in [0.5, 0.6) is 0 Å². The van der Waals surface area contributed by atoms with Gasteiger partial charge in [0.25, 0.3) is 0 Å². The third-order valence-electron chi connectivity index (χ3n) is 8.79. The van der Waals surface area contributed by atoms with Gasteiger partial charge < -0.3 is 9.47 Å². The van der Waals surface area contributed by atoms with Gasteiger partial charge in [-0.2, -0.15) is 0 Å². The molecule has 0 aromatic heterocycles. The van der Waals surface area contributed by atoms with Crippen LogP contribution in [-0.2, 0) is 19.1 Å². The van der Waals surface area contributed by atoms with E-state index in [2.05, 4.69) is 0 Å². The summed E-state index contributed by atoms with van der Waals surface area (Å²) in [6.07, 6.45) is 16.1. The maximum atomic E-state index is 13.3. The summed E-state index contributed by atoms with van der Waals surface area (Å²) >= 11 is 0. The number of hydrogen-bond donors (Lipinski definition) is 0. The van der Waals surface area contributed by atoms with E-state index in [-0.39, 0.29) is 36.0 Å². The topological polar surface area (TPSA) is 52.6 Å². The minimum Gasteiger partial charge on any atom is -0.462 e. The number of rotatable bonds is 4. The molecule has 0 heterocycles. The molecule has 0 spiro atoms. The van der Waals surface area contributed by atoms with Crippen molar-refractivity contribution in [1.29, 1.82) is 0 Å². The Hall–Kier alpha value is -1.06. The highest BCUT2D eigenvalue weighted by Gasteiger charge is 2.64. The lowest BCUT2D eigenvalue weighted by Gasteiger charge is -2.37. The molecule has 5 saturated carbocycles. The molecule has 0 N–H and O–H groups in total. The SMILES string of the molecule is O=C(OC1CCCCC1)C1C2CC(C3CCCC32)C1C(=O)OC1CCCCC1. The maximum absolute atomic E-state index is 13.3. The van der Waals surface area contributed by atoms with E-state index in [1.807, 2.05) is 0 Å². The molecule has 5 fully saturated rings. The second kappa shape index (κ2) is 7.99. The van der Waals surface area contributed by atoms with Gasteiger partial charge >= 0.3 is 11.9 Å². The summed E-state index contributed by atoms with van der Waals surface area (Å²) in [6.45, 7) is 0. The van der Waals surface area contributed by atoms with Crippen molar-refractivity contribution >= 4 is 11.9 Å². The van der Waals surface area contributed by atoms with Gasteiger partial charge in [0.15, 0.2) is 0 Å². The fourth-order valence-corrected chi connectivity index (χ4v) is 7.60. The van der Waals surface area contributed by atoms with Crippen molar-refractivity contribution in [3.05, 3.63) is 0 Å². The number of hydrogen-bond acceptors (Lipinski definition) is 4. The van der Waals surface area contributed by atoms with E-state index in [0.717, 1.165) is 57.8 Å². The normalized spacial score (nSPS) is 41.0. The molecule has 0 aromatic carbocycles. The Bertz CT molecular complexity index is 539. The van der Waals surface area contributed by atoms with E-state index in [4.69, 9.17) is 9.47 Å². The first-order valence-corrected chi connectivity index (χ1v) is 12.1. The standard InChI is InChI=1S/C24H36O4/c25-23(27-15-8-3-1-4-9-15)21-19-14-20(18-13-7-12-17(18)19)22(21)24(26)28-16-10-5-2-6-11-16/h15-22H,1-14H2. The van der Waals surface area contributed by atoms with Crippen molar-refractivity contribution in [1.82, 2.24) is 0 Å². The Kier molecular flexibility index (Phi) is 5.40. The van der Waals surface area contributed by atoms with E-state index in [9.17, 15) is 9.59 Å². The van der Waals surface area contributed by atoms with Crippen LogP contribution in [0.25, 0.3) is 0 Å². The molecule has 5 rings (SSSR count). The summed E-state index contributed by atoms with van der Waals surface area (Å²) in [7, 11) is 0. The first-order valence-electron chi connectivity index (χ1n) is 12.1. The predicted molar refractivity (Wildman–Crippen MR) is 105 cm³/mol. The Labute approximate surface area is 169 Å². The Morgan fingerprint density at radius 1 is 0.500 bits per heavy atom. The van der Waals surface area contributed by atoms with Gasteiger partial charge in [-0.05, 0) is 94.3 Å². The number of carbonyl (C=O) groups excluding carboxylic acids is 2. The third kappa shape index (κ3) is 3.39. The second-order valence-electron chi connectivity index (χ2n) is 10.3. The van der Waals surface area contributed by atoms with Crippen LogP contribution in [0.15, 0.2) is 0 Å². The molecular formula is C24H36O4. The fourth-order valence-electron chi connectivity index (χ4n) is 7.60. The summed E-state index contributed by atoms with van der Waals surface area (Å²) in [4.78, 5) is 26.5. The largest absolute Gasteiger partial charge is 0.462 e. The smallest absolute Gasteiger partial charge is 0.310 e. The summed E-state index contributed by atoms with van der Waals surface area (Å²) in [5.74, 6) is 1.39. The van der Waals surface area contributed by atoms with E-state index < -0.39 is 0 Å². The first-order chi connectivity index (χ1) is 13.7. The number of ether oxygens (including phenoxy) is 2. The quantitative estimate of drug-likeness (QED) is 0.633. The van der Waals surface area contributed by atoms with E-state index >= 15 is 0 Å². The average Bonchev–Trinajstić information content (AvgIpc) is 3.41. The predicted octanol–water partition coefficient (Wildman–Crippen LogP) is 5.04. The summed E-state index contributed by atoms with van der Waals surface area (Å²) in [6, 6.07) is 0. The van der Waals surface area contributed by atoms with Crippen LogP contribution in [0.2, 0.25) is 0 Å². The van der Waals surface area contributed by atoms with Gasteiger partial charge in [-0.25, -0.2) is 0 Å². The van der Waals surface area contributed by atoms with E-state index in [0.29, 0.717) is 23.7 Å². The van der Waals surface area contributed by atoms with Gasteiger partial charge in [0, 0.05) is 0 Å². The van der Waals surface area contributed by atoms with Gasteiger partial charge in [0.1, 0.15) is 12.2 Å². The monoisotopic (exact) mass is 388 g/mol. The van der Waals surface area contributed by atoms with Crippen LogP contribution >= 0.6 is 0 Å². The van der Waals surface area contributed by atoms with E-state index in [1.54, 1.807) is 0 Å². The van der Waals surface area contributed by atoms with Crippen LogP contribution in [-0.4, -0.2) is 24.1 Å². The highest BCUT2D eigenvalue weighted by Crippen LogP contribution is 2.64. The van der Waals surface area contributed by atoms with Crippen molar-refractivity contribution < 1.29 is 19.1 Å². The fraction of sp³-hybridized carbons (Fsp3) is 0.917. The van der Waals surface area contributed by atoms with Crippen LogP contribution in [0.1, 0.15) is 89.9 Å². The molecule has 6 unspecified atom stereocenters. The minimum atomic E-state index is -0.234. The van der Waals surface area contributed by atoms with Crippen molar-refractivity contribution in [2.24, 2.45) is 35.5 Å². The average molecular weight is 389 g/mol. The van der Waals surface area contributed by atoms with Crippen LogP contribution in [0, 0.1) is 35.5 Å². The van der Waals surface area contributed by atoms with Crippen LogP contribution in [0.3, 0.4) is 0 Å². The van der Waals surface area contributed by atoms with Gasteiger partial charge in [0.05, 0.1) is 11.8 Å². The summed E-state index contributed by atoms with van der Waals surface area (Å²) in [5.41, 5.74) is 0.